The van der Waals surface area contributed by atoms with Crippen molar-refractivity contribution in [3.05, 3.63) is 30.1 Å². The minimum Gasteiger partial charge on any atom is -0.388 e. The third-order valence-electron chi connectivity index (χ3n) is 2.71. The molecule has 0 atom stereocenters. The predicted molar refractivity (Wildman–Crippen MR) is 59.4 cm³/mol. The van der Waals surface area contributed by atoms with Crippen molar-refractivity contribution in [3.8, 4) is 0 Å². The fraction of sp³-hybridized carbons (Fsp3) is 0.583. The summed E-state index contributed by atoms with van der Waals surface area (Å²) in [5, 5.41) is 9.97. The Morgan fingerprint density at radius 2 is 1.87 bits per heavy atom. The summed E-state index contributed by atoms with van der Waals surface area (Å²) < 4.78 is 5.49. The van der Waals surface area contributed by atoms with E-state index in [0.29, 0.717) is 13.2 Å². The van der Waals surface area contributed by atoms with Crippen LogP contribution in [0.25, 0.3) is 0 Å². The minimum absolute atomic E-state index is 0.391. The molecule has 0 aliphatic carbocycles. The molecule has 0 saturated heterocycles. The van der Waals surface area contributed by atoms with Gasteiger partial charge in [0.25, 0.3) is 0 Å². The van der Waals surface area contributed by atoms with E-state index in [1.54, 1.807) is 12.4 Å². The highest BCUT2D eigenvalue weighted by atomic mass is 16.5. The van der Waals surface area contributed by atoms with E-state index in [0.717, 1.165) is 18.4 Å². The first-order chi connectivity index (χ1) is 7.20. The highest BCUT2D eigenvalue weighted by Crippen LogP contribution is 2.15. The Labute approximate surface area is 91.1 Å². The lowest BCUT2D eigenvalue weighted by atomic mass is 9.99. The fourth-order valence-corrected chi connectivity index (χ4v) is 1.29. The molecular weight excluding hydrogens is 190 g/mol. The van der Waals surface area contributed by atoms with Crippen LogP contribution in [0.2, 0.25) is 0 Å². The Kier molecular flexibility index (Phi) is 4.72. The molecule has 1 aromatic heterocycles. The first-order valence-electron chi connectivity index (χ1n) is 5.39. The third-order valence-corrected chi connectivity index (χ3v) is 2.71. The number of pyridine rings is 1. The van der Waals surface area contributed by atoms with E-state index in [9.17, 15) is 5.11 Å². The molecule has 84 valence electrons. The van der Waals surface area contributed by atoms with Gasteiger partial charge < -0.3 is 9.84 Å². The van der Waals surface area contributed by atoms with Crippen LogP contribution in [0.1, 0.15) is 32.3 Å². The van der Waals surface area contributed by atoms with Crippen molar-refractivity contribution in [2.24, 2.45) is 0 Å². The number of aromatic nitrogens is 1. The van der Waals surface area contributed by atoms with E-state index < -0.39 is 5.60 Å². The second kappa shape index (κ2) is 5.83. The lowest BCUT2D eigenvalue weighted by Gasteiger charge is -2.24. The van der Waals surface area contributed by atoms with Gasteiger partial charge in [0, 0.05) is 12.4 Å². The first kappa shape index (κ1) is 12.1. The molecule has 0 amide bonds. The number of nitrogens with zero attached hydrogens (tertiary/aromatic N) is 1. The summed E-state index contributed by atoms with van der Waals surface area (Å²) in [4.78, 5) is 3.93. The molecule has 0 aliphatic rings. The molecule has 3 heteroatoms. The summed E-state index contributed by atoms with van der Waals surface area (Å²) in [5.41, 5.74) is 0.409. The summed E-state index contributed by atoms with van der Waals surface area (Å²) in [6.07, 6.45) is 4.93. The van der Waals surface area contributed by atoms with Crippen LogP contribution >= 0.6 is 0 Å². The molecule has 0 aliphatic heterocycles. The van der Waals surface area contributed by atoms with E-state index in [1.807, 2.05) is 26.0 Å². The van der Waals surface area contributed by atoms with E-state index in [4.69, 9.17) is 4.74 Å². The SMILES string of the molecule is CCC(O)(CC)COCc1ccncc1. The maximum Gasteiger partial charge on any atom is 0.0875 e. The molecule has 0 saturated carbocycles. The van der Waals surface area contributed by atoms with Crippen LogP contribution in [0.4, 0.5) is 0 Å². The van der Waals surface area contributed by atoms with Gasteiger partial charge in [-0.25, -0.2) is 0 Å². The highest BCUT2D eigenvalue weighted by Gasteiger charge is 2.21. The smallest absolute Gasteiger partial charge is 0.0875 e. The average Bonchev–Trinajstić information content (AvgIpc) is 2.30. The molecule has 1 aromatic rings. The zero-order valence-corrected chi connectivity index (χ0v) is 9.44. The van der Waals surface area contributed by atoms with Crippen molar-refractivity contribution < 1.29 is 9.84 Å². The van der Waals surface area contributed by atoms with Crippen LogP contribution in [0.5, 0.6) is 0 Å². The fourth-order valence-electron chi connectivity index (χ4n) is 1.29. The maximum absolute atomic E-state index is 9.97. The summed E-state index contributed by atoms with van der Waals surface area (Å²) in [5.74, 6) is 0. The third kappa shape index (κ3) is 3.98. The second-order valence-corrected chi connectivity index (χ2v) is 3.78. The molecule has 0 unspecified atom stereocenters. The van der Waals surface area contributed by atoms with Gasteiger partial charge in [-0.3, -0.25) is 4.98 Å². The molecule has 3 nitrogen and oxygen atoms in total. The summed E-state index contributed by atoms with van der Waals surface area (Å²) in [6, 6.07) is 3.83. The van der Waals surface area contributed by atoms with Gasteiger partial charge >= 0.3 is 0 Å². The van der Waals surface area contributed by atoms with Crippen LogP contribution in [0.15, 0.2) is 24.5 Å². The number of rotatable bonds is 6. The molecule has 1 N–H and O–H groups in total. The molecule has 15 heavy (non-hydrogen) atoms. The van der Waals surface area contributed by atoms with Crippen molar-refractivity contribution in [2.75, 3.05) is 6.61 Å². The van der Waals surface area contributed by atoms with Gasteiger partial charge in [0.1, 0.15) is 0 Å². The number of ether oxygens (including phenoxy) is 1. The van der Waals surface area contributed by atoms with E-state index in [1.165, 1.54) is 0 Å². The van der Waals surface area contributed by atoms with Gasteiger partial charge in [0.2, 0.25) is 0 Å². The van der Waals surface area contributed by atoms with Gasteiger partial charge in [0.15, 0.2) is 0 Å². The van der Waals surface area contributed by atoms with Crippen molar-refractivity contribution in [1.82, 2.24) is 4.98 Å². The van der Waals surface area contributed by atoms with Gasteiger partial charge in [0.05, 0.1) is 18.8 Å². The van der Waals surface area contributed by atoms with Crippen LogP contribution in [-0.2, 0) is 11.3 Å². The Bertz CT molecular complexity index is 270. The lowest BCUT2D eigenvalue weighted by Crippen LogP contribution is -2.32. The van der Waals surface area contributed by atoms with Crippen LogP contribution in [0, 0.1) is 0 Å². The van der Waals surface area contributed by atoms with Crippen LogP contribution < -0.4 is 0 Å². The quantitative estimate of drug-likeness (QED) is 0.780. The molecule has 0 aromatic carbocycles. The van der Waals surface area contributed by atoms with Crippen molar-refractivity contribution in [2.45, 2.75) is 38.9 Å². The van der Waals surface area contributed by atoms with Crippen molar-refractivity contribution in [1.29, 1.82) is 0 Å². The van der Waals surface area contributed by atoms with Crippen molar-refractivity contribution >= 4 is 0 Å². The zero-order valence-electron chi connectivity index (χ0n) is 9.44. The molecule has 0 spiro atoms. The normalized spacial score (nSPS) is 11.7. The van der Waals surface area contributed by atoms with Crippen molar-refractivity contribution in [3.63, 3.8) is 0 Å². The summed E-state index contributed by atoms with van der Waals surface area (Å²) in [6.45, 7) is 4.87. The lowest BCUT2D eigenvalue weighted by molar-refractivity contribution is -0.0562. The van der Waals surface area contributed by atoms with Crippen LogP contribution in [-0.4, -0.2) is 22.3 Å². The summed E-state index contributed by atoms with van der Waals surface area (Å²) in [7, 11) is 0. The maximum atomic E-state index is 9.97. The highest BCUT2D eigenvalue weighted by molar-refractivity contribution is 5.07. The Morgan fingerprint density at radius 1 is 1.27 bits per heavy atom. The summed E-state index contributed by atoms with van der Waals surface area (Å²) >= 11 is 0. The monoisotopic (exact) mass is 209 g/mol. The van der Waals surface area contributed by atoms with E-state index >= 15 is 0 Å². The average molecular weight is 209 g/mol. The molecule has 0 radical (unpaired) electrons. The zero-order chi connectivity index (χ0) is 11.1. The number of aliphatic hydroxyl groups is 1. The molecular formula is C12H19NO2. The Morgan fingerprint density at radius 3 is 2.40 bits per heavy atom. The molecule has 1 heterocycles. The van der Waals surface area contributed by atoms with Gasteiger partial charge in [-0.05, 0) is 30.5 Å². The van der Waals surface area contributed by atoms with E-state index in [2.05, 4.69) is 4.98 Å². The van der Waals surface area contributed by atoms with Gasteiger partial charge in [-0.2, -0.15) is 0 Å². The predicted octanol–water partition coefficient (Wildman–Crippen LogP) is 2.15. The van der Waals surface area contributed by atoms with Gasteiger partial charge in [-0.1, -0.05) is 13.8 Å². The Balaban J connectivity index is 2.33. The van der Waals surface area contributed by atoms with Crippen LogP contribution in [0.3, 0.4) is 0 Å². The topological polar surface area (TPSA) is 42.4 Å². The second-order valence-electron chi connectivity index (χ2n) is 3.78. The molecule has 0 fully saturated rings. The minimum atomic E-state index is -0.674. The largest absolute Gasteiger partial charge is 0.388 e. The standard InChI is InChI=1S/C12H19NO2/c1-3-12(14,4-2)10-15-9-11-5-7-13-8-6-11/h5-8,14H,3-4,9-10H2,1-2H3. The molecule has 1 rings (SSSR count). The number of hydrogen-bond acceptors (Lipinski definition) is 3. The Hall–Kier alpha value is -0.930. The first-order valence-corrected chi connectivity index (χ1v) is 5.39. The molecule has 0 bridgehead atoms. The number of hydrogen-bond donors (Lipinski definition) is 1. The van der Waals surface area contributed by atoms with E-state index in [-0.39, 0.29) is 0 Å². The van der Waals surface area contributed by atoms with Gasteiger partial charge in [-0.15, -0.1) is 0 Å².